The highest BCUT2D eigenvalue weighted by Crippen LogP contribution is 2.30. The molecule has 0 atom stereocenters. The molecule has 4 aromatic rings. The van der Waals surface area contributed by atoms with Crippen LogP contribution in [0.2, 0.25) is 5.02 Å². The number of amides is 1. The van der Waals surface area contributed by atoms with Crippen molar-refractivity contribution in [3.63, 3.8) is 0 Å². The third-order valence-corrected chi connectivity index (χ3v) is 7.47. The van der Waals surface area contributed by atoms with Gasteiger partial charge in [-0.1, -0.05) is 53.6 Å². The van der Waals surface area contributed by atoms with Crippen molar-refractivity contribution in [2.45, 2.75) is 31.0 Å². The van der Waals surface area contributed by atoms with E-state index >= 15 is 0 Å². The molecule has 0 unspecified atom stereocenters. The standard InChI is InChI=1S/C25H22ClFN2O3S/c1-16-10-11-22(17(2)12-16)28-25(30)14-29-13-24(18-6-3-4-9-23(18)29)33(31,32)15-19-20(26)7-5-8-21(19)27/h3-13H,14-15H2,1-2H3,(H,28,30). The van der Waals surface area contributed by atoms with Crippen LogP contribution in [0.3, 0.4) is 0 Å². The molecule has 0 spiro atoms. The van der Waals surface area contributed by atoms with E-state index in [0.717, 1.165) is 11.1 Å². The number of hydrogen-bond donors (Lipinski definition) is 1. The van der Waals surface area contributed by atoms with Crippen LogP contribution < -0.4 is 5.32 Å². The van der Waals surface area contributed by atoms with Crippen LogP contribution in [0, 0.1) is 19.7 Å². The Morgan fingerprint density at radius 1 is 1.06 bits per heavy atom. The van der Waals surface area contributed by atoms with Gasteiger partial charge in [0.1, 0.15) is 12.4 Å². The van der Waals surface area contributed by atoms with Crippen molar-refractivity contribution in [2.75, 3.05) is 5.32 Å². The second-order valence-electron chi connectivity index (χ2n) is 7.96. The van der Waals surface area contributed by atoms with Crippen LogP contribution in [0.15, 0.2) is 71.8 Å². The number of benzene rings is 3. The van der Waals surface area contributed by atoms with Crippen molar-refractivity contribution in [3.8, 4) is 0 Å². The topological polar surface area (TPSA) is 68.2 Å². The second kappa shape index (κ2) is 9.00. The van der Waals surface area contributed by atoms with E-state index in [-0.39, 0.29) is 27.9 Å². The van der Waals surface area contributed by atoms with E-state index in [2.05, 4.69) is 5.32 Å². The predicted molar refractivity (Wildman–Crippen MR) is 129 cm³/mol. The third kappa shape index (κ3) is 4.79. The van der Waals surface area contributed by atoms with Crippen molar-refractivity contribution in [1.82, 2.24) is 4.57 Å². The maximum absolute atomic E-state index is 14.2. The molecule has 33 heavy (non-hydrogen) atoms. The Labute approximate surface area is 196 Å². The molecular formula is C25H22ClFN2O3S. The number of para-hydroxylation sites is 1. The minimum atomic E-state index is -3.95. The van der Waals surface area contributed by atoms with Gasteiger partial charge in [-0.25, -0.2) is 12.8 Å². The number of nitrogens with one attached hydrogen (secondary N) is 1. The van der Waals surface area contributed by atoms with Crippen molar-refractivity contribution in [2.24, 2.45) is 0 Å². The van der Waals surface area contributed by atoms with Crippen molar-refractivity contribution in [1.29, 1.82) is 0 Å². The molecule has 0 radical (unpaired) electrons. The van der Waals surface area contributed by atoms with E-state index < -0.39 is 21.4 Å². The van der Waals surface area contributed by atoms with E-state index in [1.165, 1.54) is 24.4 Å². The molecule has 1 N–H and O–H groups in total. The Hall–Kier alpha value is -3.16. The minimum absolute atomic E-state index is 0.0248. The quantitative estimate of drug-likeness (QED) is 0.383. The van der Waals surface area contributed by atoms with Crippen molar-refractivity contribution in [3.05, 3.63) is 94.4 Å². The summed E-state index contributed by atoms with van der Waals surface area (Å²) in [6.45, 7) is 3.80. The number of hydrogen-bond acceptors (Lipinski definition) is 3. The molecule has 0 saturated carbocycles. The Balaban J connectivity index is 1.67. The zero-order valence-corrected chi connectivity index (χ0v) is 19.7. The van der Waals surface area contributed by atoms with Gasteiger partial charge in [0.15, 0.2) is 9.84 Å². The van der Waals surface area contributed by atoms with Gasteiger partial charge in [0.2, 0.25) is 5.91 Å². The first kappa shape index (κ1) is 23.0. The summed E-state index contributed by atoms with van der Waals surface area (Å²) in [5, 5.41) is 3.39. The van der Waals surface area contributed by atoms with Gasteiger partial charge in [0.05, 0.1) is 10.6 Å². The normalized spacial score (nSPS) is 11.6. The smallest absolute Gasteiger partial charge is 0.244 e. The zero-order valence-electron chi connectivity index (χ0n) is 18.1. The summed E-state index contributed by atoms with van der Waals surface area (Å²) in [6.07, 6.45) is 1.43. The average Bonchev–Trinajstić information content (AvgIpc) is 3.12. The summed E-state index contributed by atoms with van der Waals surface area (Å²) in [5.74, 6) is -1.55. The molecule has 1 heterocycles. The fourth-order valence-corrected chi connectivity index (χ4v) is 5.76. The molecule has 0 fully saturated rings. The van der Waals surface area contributed by atoms with Gasteiger partial charge >= 0.3 is 0 Å². The van der Waals surface area contributed by atoms with Crippen LogP contribution in [0.25, 0.3) is 10.9 Å². The molecular weight excluding hydrogens is 463 g/mol. The maximum atomic E-state index is 14.2. The number of fused-ring (bicyclic) bond motifs is 1. The lowest BCUT2D eigenvalue weighted by atomic mass is 10.1. The number of nitrogens with zero attached hydrogens (tertiary/aromatic N) is 1. The SMILES string of the molecule is Cc1ccc(NC(=O)Cn2cc(S(=O)(=O)Cc3c(F)cccc3Cl)c3ccccc32)c(C)c1. The largest absolute Gasteiger partial charge is 0.337 e. The first-order valence-corrected chi connectivity index (χ1v) is 12.3. The van der Waals surface area contributed by atoms with Crippen LogP contribution in [-0.4, -0.2) is 18.9 Å². The minimum Gasteiger partial charge on any atom is -0.337 e. The van der Waals surface area contributed by atoms with E-state index in [9.17, 15) is 17.6 Å². The van der Waals surface area contributed by atoms with Gasteiger partial charge in [-0.05, 0) is 43.7 Å². The van der Waals surface area contributed by atoms with Crippen LogP contribution >= 0.6 is 11.6 Å². The van der Waals surface area contributed by atoms with Gasteiger partial charge in [-0.15, -0.1) is 0 Å². The highest BCUT2D eigenvalue weighted by atomic mass is 35.5. The van der Waals surface area contributed by atoms with Crippen molar-refractivity contribution < 1.29 is 17.6 Å². The molecule has 0 saturated heterocycles. The molecule has 1 amide bonds. The van der Waals surface area contributed by atoms with Crippen molar-refractivity contribution >= 4 is 43.9 Å². The highest BCUT2D eigenvalue weighted by molar-refractivity contribution is 7.90. The van der Waals surface area contributed by atoms with Gasteiger partial charge in [-0.3, -0.25) is 4.79 Å². The van der Waals surface area contributed by atoms with Crippen LogP contribution in [0.4, 0.5) is 10.1 Å². The maximum Gasteiger partial charge on any atom is 0.244 e. The number of halogens is 2. The average molecular weight is 485 g/mol. The molecule has 170 valence electrons. The van der Waals surface area contributed by atoms with Crippen LogP contribution in [0.5, 0.6) is 0 Å². The Morgan fingerprint density at radius 3 is 2.55 bits per heavy atom. The summed E-state index contributed by atoms with van der Waals surface area (Å²) in [7, 11) is -3.95. The summed E-state index contributed by atoms with van der Waals surface area (Å²) in [5.41, 5.74) is 3.23. The Bertz CT molecular complexity index is 1460. The molecule has 3 aromatic carbocycles. The van der Waals surface area contributed by atoms with E-state index in [1.807, 2.05) is 32.0 Å². The van der Waals surface area contributed by atoms with Crippen LogP contribution in [-0.2, 0) is 26.9 Å². The molecule has 0 aliphatic rings. The third-order valence-electron chi connectivity index (χ3n) is 5.45. The number of carbonyl (C=O) groups is 1. The molecule has 0 aliphatic heterocycles. The van der Waals surface area contributed by atoms with Gasteiger partial charge in [0, 0.05) is 33.4 Å². The predicted octanol–water partition coefficient (Wildman–Crippen LogP) is 5.66. The van der Waals surface area contributed by atoms with Gasteiger partial charge < -0.3 is 9.88 Å². The van der Waals surface area contributed by atoms with E-state index in [4.69, 9.17) is 11.6 Å². The lowest BCUT2D eigenvalue weighted by Gasteiger charge is -2.10. The first-order valence-electron chi connectivity index (χ1n) is 10.3. The fraction of sp³-hybridized carbons (Fsp3) is 0.160. The highest BCUT2D eigenvalue weighted by Gasteiger charge is 2.25. The van der Waals surface area contributed by atoms with E-state index in [1.54, 1.807) is 28.8 Å². The molecule has 8 heteroatoms. The van der Waals surface area contributed by atoms with Gasteiger partial charge in [-0.2, -0.15) is 0 Å². The molecule has 5 nitrogen and oxygen atoms in total. The fourth-order valence-electron chi connectivity index (χ4n) is 3.83. The summed E-state index contributed by atoms with van der Waals surface area (Å²) >= 11 is 6.05. The molecule has 0 bridgehead atoms. The summed E-state index contributed by atoms with van der Waals surface area (Å²) in [4.78, 5) is 12.8. The number of aromatic nitrogens is 1. The molecule has 4 rings (SSSR count). The number of rotatable bonds is 6. The number of anilines is 1. The van der Waals surface area contributed by atoms with Gasteiger partial charge in [0.25, 0.3) is 0 Å². The lowest BCUT2D eigenvalue weighted by Crippen LogP contribution is -2.19. The monoisotopic (exact) mass is 484 g/mol. The Kier molecular flexibility index (Phi) is 6.28. The summed E-state index contributed by atoms with van der Waals surface area (Å²) < 4.78 is 42.3. The second-order valence-corrected chi connectivity index (χ2v) is 10.3. The summed E-state index contributed by atoms with van der Waals surface area (Å²) in [6, 6.07) is 16.7. The van der Waals surface area contributed by atoms with E-state index in [0.29, 0.717) is 16.6 Å². The number of aryl methyl sites for hydroxylation is 2. The van der Waals surface area contributed by atoms with Crippen LogP contribution in [0.1, 0.15) is 16.7 Å². The first-order chi connectivity index (χ1) is 15.7. The molecule has 0 aliphatic carbocycles. The zero-order chi connectivity index (χ0) is 23.8. The lowest BCUT2D eigenvalue weighted by molar-refractivity contribution is -0.116. The number of sulfone groups is 1. The Morgan fingerprint density at radius 2 is 1.82 bits per heavy atom. The number of carbonyl (C=O) groups excluding carboxylic acids is 1. The molecule has 1 aromatic heterocycles.